The number of ether oxygens (including phenoxy) is 1. The monoisotopic (exact) mass is 177 g/mol. The van der Waals surface area contributed by atoms with Crippen LogP contribution in [0.2, 0.25) is 0 Å². The normalized spacial score (nSPS) is 9.31. The predicted molar refractivity (Wildman–Crippen MR) is 46.6 cm³/mol. The van der Waals surface area contributed by atoms with Crippen LogP contribution in [-0.4, -0.2) is 11.9 Å². The Balaban J connectivity index is 2.50. The summed E-state index contributed by atoms with van der Waals surface area (Å²) in [6, 6.07) is 9.05. The van der Waals surface area contributed by atoms with E-state index in [2.05, 4.69) is 11.7 Å². The molecule has 0 heterocycles. The summed E-state index contributed by atoms with van der Waals surface area (Å²) < 4.78 is 4.27. The molecule has 1 aromatic rings. The van der Waals surface area contributed by atoms with Crippen LogP contribution in [0, 0.1) is 6.92 Å². The molecule has 0 saturated carbocycles. The van der Waals surface area contributed by atoms with Gasteiger partial charge in [-0.15, -0.1) is 0 Å². The molecular weight excluding hydrogens is 168 g/mol. The van der Waals surface area contributed by atoms with E-state index in [4.69, 9.17) is 0 Å². The molecule has 0 bridgehead atoms. The molecule has 13 heavy (non-hydrogen) atoms. The number of esters is 2. The van der Waals surface area contributed by atoms with Crippen molar-refractivity contribution in [3.63, 3.8) is 0 Å². The third-order valence-electron chi connectivity index (χ3n) is 1.42. The molecule has 0 atom stereocenters. The van der Waals surface area contributed by atoms with Crippen LogP contribution in [0.4, 0.5) is 0 Å². The van der Waals surface area contributed by atoms with Gasteiger partial charge in [-0.05, 0) is 5.56 Å². The van der Waals surface area contributed by atoms with Gasteiger partial charge in [0.25, 0.3) is 0 Å². The molecular formula is C10H9O3. The van der Waals surface area contributed by atoms with Crippen molar-refractivity contribution in [2.75, 3.05) is 0 Å². The van der Waals surface area contributed by atoms with Gasteiger partial charge in [0, 0.05) is 0 Å². The average Bonchev–Trinajstić information content (AvgIpc) is 2.04. The lowest BCUT2D eigenvalue weighted by Crippen LogP contribution is -2.11. The molecule has 0 aliphatic carbocycles. The van der Waals surface area contributed by atoms with Gasteiger partial charge in [0.05, 0.1) is 13.3 Å². The smallest absolute Gasteiger partial charge is 0.317 e. The van der Waals surface area contributed by atoms with Crippen molar-refractivity contribution in [2.24, 2.45) is 0 Å². The van der Waals surface area contributed by atoms with Crippen LogP contribution in [0.25, 0.3) is 0 Å². The van der Waals surface area contributed by atoms with Gasteiger partial charge in [-0.1, -0.05) is 30.3 Å². The van der Waals surface area contributed by atoms with Crippen molar-refractivity contribution < 1.29 is 14.3 Å². The third-order valence-corrected chi connectivity index (χ3v) is 1.42. The lowest BCUT2D eigenvalue weighted by atomic mass is 10.2. The molecule has 0 amide bonds. The van der Waals surface area contributed by atoms with Gasteiger partial charge in [0.15, 0.2) is 0 Å². The standard InChI is InChI=1S/C10H9O3/c1-8(11)13-10(12)7-9-5-3-2-4-6-9/h2-6H,1,7H2. The van der Waals surface area contributed by atoms with Gasteiger partial charge >= 0.3 is 11.9 Å². The van der Waals surface area contributed by atoms with Crippen LogP contribution in [0.5, 0.6) is 0 Å². The first kappa shape index (κ1) is 9.45. The van der Waals surface area contributed by atoms with Crippen LogP contribution >= 0.6 is 0 Å². The second kappa shape index (κ2) is 4.40. The highest BCUT2D eigenvalue weighted by molar-refractivity contribution is 5.88. The highest BCUT2D eigenvalue weighted by Crippen LogP contribution is 2.00. The quantitative estimate of drug-likeness (QED) is 0.502. The molecule has 0 saturated heterocycles. The number of hydrogen-bond donors (Lipinski definition) is 0. The van der Waals surface area contributed by atoms with Gasteiger partial charge in [-0.3, -0.25) is 9.59 Å². The average molecular weight is 177 g/mol. The van der Waals surface area contributed by atoms with E-state index in [-0.39, 0.29) is 6.42 Å². The van der Waals surface area contributed by atoms with Crippen LogP contribution in [0.3, 0.4) is 0 Å². The number of carbonyl (C=O) groups excluding carboxylic acids is 2. The van der Waals surface area contributed by atoms with Crippen molar-refractivity contribution in [1.29, 1.82) is 0 Å². The molecule has 0 aliphatic rings. The Labute approximate surface area is 76.3 Å². The molecule has 3 heteroatoms. The van der Waals surface area contributed by atoms with Gasteiger partial charge < -0.3 is 4.74 Å². The van der Waals surface area contributed by atoms with E-state index in [1.807, 2.05) is 18.2 Å². The van der Waals surface area contributed by atoms with Crippen molar-refractivity contribution in [2.45, 2.75) is 6.42 Å². The van der Waals surface area contributed by atoms with Crippen molar-refractivity contribution in [3.8, 4) is 0 Å². The number of rotatable bonds is 2. The first-order valence-corrected chi connectivity index (χ1v) is 3.79. The summed E-state index contributed by atoms with van der Waals surface area (Å²) in [4.78, 5) is 21.2. The lowest BCUT2D eigenvalue weighted by molar-refractivity contribution is -0.155. The summed E-state index contributed by atoms with van der Waals surface area (Å²) in [6.07, 6.45) is 0.0993. The van der Waals surface area contributed by atoms with Crippen LogP contribution in [0.15, 0.2) is 30.3 Å². The van der Waals surface area contributed by atoms with Gasteiger partial charge in [-0.2, -0.15) is 0 Å². The van der Waals surface area contributed by atoms with E-state index in [1.54, 1.807) is 12.1 Å². The number of benzene rings is 1. The summed E-state index contributed by atoms with van der Waals surface area (Å²) in [5.41, 5.74) is 0.814. The first-order chi connectivity index (χ1) is 6.18. The number of hydrogen-bond acceptors (Lipinski definition) is 3. The van der Waals surface area contributed by atoms with E-state index in [9.17, 15) is 9.59 Å². The van der Waals surface area contributed by atoms with Crippen LogP contribution < -0.4 is 0 Å². The van der Waals surface area contributed by atoms with Gasteiger partial charge in [0.2, 0.25) is 0 Å². The predicted octanol–water partition coefficient (Wildman–Crippen LogP) is 1.13. The molecule has 67 valence electrons. The van der Waals surface area contributed by atoms with Gasteiger partial charge in [-0.25, -0.2) is 0 Å². The Hall–Kier alpha value is -1.64. The third kappa shape index (κ3) is 3.51. The zero-order valence-electron chi connectivity index (χ0n) is 7.03. The topological polar surface area (TPSA) is 43.4 Å². The summed E-state index contributed by atoms with van der Waals surface area (Å²) >= 11 is 0. The Morgan fingerprint density at radius 3 is 2.38 bits per heavy atom. The molecule has 0 aromatic heterocycles. The minimum atomic E-state index is -0.819. The van der Waals surface area contributed by atoms with Crippen molar-refractivity contribution >= 4 is 11.9 Å². The molecule has 1 rings (SSSR count). The minimum absolute atomic E-state index is 0.0993. The molecule has 0 aliphatic heterocycles. The molecule has 0 N–H and O–H groups in total. The largest absolute Gasteiger partial charge is 0.393 e. The summed E-state index contributed by atoms with van der Waals surface area (Å²) in [5.74, 6) is -1.40. The van der Waals surface area contributed by atoms with Crippen molar-refractivity contribution in [3.05, 3.63) is 42.8 Å². The van der Waals surface area contributed by atoms with Crippen LogP contribution in [0.1, 0.15) is 5.56 Å². The van der Waals surface area contributed by atoms with Crippen LogP contribution in [-0.2, 0) is 20.7 Å². The van der Waals surface area contributed by atoms with Crippen molar-refractivity contribution in [1.82, 2.24) is 0 Å². The maximum atomic E-state index is 10.9. The number of carbonyl (C=O) groups is 2. The molecule has 0 unspecified atom stereocenters. The molecule has 0 fully saturated rings. The van der Waals surface area contributed by atoms with E-state index in [1.165, 1.54) is 0 Å². The molecule has 3 nitrogen and oxygen atoms in total. The van der Waals surface area contributed by atoms with E-state index < -0.39 is 11.9 Å². The Bertz CT molecular complexity index is 303. The first-order valence-electron chi connectivity index (χ1n) is 3.79. The molecule has 1 aromatic carbocycles. The maximum absolute atomic E-state index is 10.9. The maximum Gasteiger partial charge on any atom is 0.317 e. The summed E-state index contributed by atoms with van der Waals surface area (Å²) in [6.45, 7) is 2.94. The second-order valence-electron chi connectivity index (χ2n) is 2.51. The zero-order valence-corrected chi connectivity index (χ0v) is 7.03. The Kier molecular flexibility index (Phi) is 3.20. The SMILES string of the molecule is [CH2]C(=O)OC(=O)Cc1ccccc1. The minimum Gasteiger partial charge on any atom is -0.393 e. The van der Waals surface area contributed by atoms with Gasteiger partial charge in [0.1, 0.15) is 0 Å². The highest BCUT2D eigenvalue weighted by atomic mass is 16.6. The molecule has 0 spiro atoms. The lowest BCUT2D eigenvalue weighted by Gasteiger charge is -1.99. The second-order valence-corrected chi connectivity index (χ2v) is 2.51. The fraction of sp³-hybridized carbons (Fsp3) is 0.100. The zero-order chi connectivity index (χ0) is 9.68. The van der Waals surface area contributed by atoms with E-state index in [0.29, 0.717) is 0 Å². The van der Waals surface area contributed by atoms with E-state index >= 15 is 0 Å². The molecule has 1 radical (unpaired) electrons. The van der Waals surface area contributed by atoms with E-state index in [0.717, 1.165) is 5.56 Å². The highest BCUT2D eigenvalue weighted by Gasteiger charge is 2.06. The summed E-state index contributed by atoms with van der Waals surface area (Å²) in [5, 5.41) is 0. The fourth-order valence-corrected chi connectivity index (χ4v) is 0.926. The Morgan fingerprint density at radius 2 is 1.85 bits per heavy atom. The Morgan fingerprint density at radius 1 is 1.23 bits per heavy atom. The fourth-order valence-electron chi connectivity index (χ4n) is 0.926. The summed E-state index contributed by atoms with van der Waals surface area (Å²) in [7, 11) is 0.